The van der Waals surface area contributed by atoms with Crippen LogP contribution in [0, 0.1) is 11.8 Å². The van der Waals surface area contributed by atoms with Crippen molar-refractivity contribution >= 4 is 23.7 Å². The van der Waals surface area contributed by atoms with Crippen molar-refractivity contribution in [1.82, 2.24) is 15.1 Å². The molecule has 2 aliphatic rings. The molecule has 9 heteroatoms. The molecule has 29 heavy (non-hydrogen) atoms. The van der Waals surface area contributed by atoms with E-state index in [1.807, 2.05) is 13.8 Å². The Morgan fingerprint density at radius 2 is 1.48 bits per heavy atom. The Balaban J connectivity index is 2.11. The second kappa shape index (κ2) is 9.56. The van der Waals surface area contributed by atoms with Gasteiger partial charge in [0.05, 0.1) is 6.04 Å². The highest BCUT2D eigenvalue weighted by atomic mass is 16.4. The van der Waals surface area contributed by atoms with Crippen molar-refractivity contribution < 1.29 is 24.3 Å². The van der Waals surface area contributed by atoms with Gasteiger partial charge in [-0.05, 0) is 37.5 Å². The highest BCUT2D eigenvalue weighted by molar-refractivity contribution is 5.94. The van der Waals surface area contributed by atoms with Gasteiger partial charge in [-0.15, -0.1) is 0 Å². The van der Waals surface area contributed by atoms with Crippen molar-refractivity contribution in [2.45, 2.75) is 77.5 Å². The predicted octanol–water partition coefficient (Wildman–Crippen LogP) is 0.177. The third-order valence-corrected chi connectivity index (χ3v) is 5.89. The predicted molar refractivity (Wildman–Crippen MR) is 107 cm³/mol. The number of amides is 3. The maximum atomic E-state index is 13.2. The smallest absolute Gasteiger partial charge is 0.326 e. The number of carboxylic acids is 1. The molecule has 2 saturated heterocycles. The van der Waals surface area contributed by atoms with Crippen LogP contribution in [0.3, 0.4) is 0 Å². The molecule has 4 atom stereocenters. The summed E-state index contributed by atoms with van der Waals surface area (Å²) in [6.07, 6.45) is 2.40. The van der Waals surface area contributed by atoms with Crippen molar-refractivity contribution in [3.05, 3.63) is 0 Å². The van der Waals surface area contributed by atoms with Crippen LogP contribution in [-0.2, 0) is 19.2 Å². The van der Waals surface area contributed by atoms with Gasteiger partial charge in [-0.1, -0.05) is 27.7 Å². The molecule has 0 aromatic heterocycles. The molecule has 4 N–H and O–H groups in total. The quantitative estimate of drug-likeness (QED) is 0.548. The number of nitrogens with zero attached hydrogens (tertiary/aromatic N) is 2. The zero-order valence-corrected chi connectivity index (χ0v) is 17.8. The van der Waals surface area contributed by atoms with Crippen molar-refractivity contribution in [3.63, 3.8) is 0 Å². The molecular formula is C20H34N4O5. The van der Waals surface area contributed by atoms with E-state index in [0.29, 0.717) is 38.8 Å². The van der Waals surface area contributed by atoms with E-state index < -0.39 is 36.0 Å². The molecule has 2 aliphatic heterocycles. The van der Waals surface area contributed by atoms with Gasteiger partial charge in [-0.2, -0.15) is 0 Å². The Morgan fingerprint density at radius 3 is 2.00 bits per heavy atom. The van der Waals surface area contributed by atoms with E-state index in [2.05, 4.69) is 5.32 Å². The summed E-state index contributed by atoms with van der Waals surface area (Å²) >= 11 is 0. The Morgan fingerprint density at radius 1 is 0.931 bits per heavy atom. The minimum Gasteiger partial charge on any atom is -0.480 e. The van der Waals surface area contributed by atoms with Crippen LogP contribution in [0.15, 0.2) is 0 Å². The molecule has 2 rings (SSSR count). The van der Waals surface area contributed by atoms with Crippen LogP contribution in [-0.4, -0.2) is 75.9 Å². The average molecular weight is 411 g/mol. The highest BCUT2D eigenvalue weighted by Crippen LogP contribution is 2.26. The third-order valence-electron chi connectivity index (χ3n) is 5.89. The molecule has 0 aromatic carbocycles. The van der Waals surface area contributed by atoms with E-state index in [0.717, 1.165) is 0 Å². The Kier molecular flexibility index (Phi) is 7.62. The van der Waals surface area contributed by atoms with Crippen molar-refractivity contribution in [1.29, 1.82) is 0 Å². The molecule has 0 bridgehead atoms. The molecule has 3 amide bonds. The van der Waals surface area contributed by atoms with Gasteiger partial charge in [0, 0.05) is 13.1 Å². The molecule has 0 radical (unpaired) electrons. The fourth-order valence-corrected chi connectivity index (χ4v) is 4.02. The van der Waals surface area contributed by atoms with Crippen LogP contribution >= 0.6 is 0 Å². The summed E-state index contributed by atoms with van der Waals surface area (Å²) in [5, 5.41) is 11.9. The lowest BCUT2D eigenvalue weighted by Gasteiger charge is -2.33. The summed E-state index contributed by atoms with van der Waals surface area (Å²) in [7, 11) is 0. The zero-order chi connectivity index (χ0) is 21.9. The molecule has 0 aromatic rings. The maximum absolute atomic E-state index is 13.2. The van der Waals surface area contributed by atoms with Crippen LogP contribution in [0.4, 0.5) is 0 Å². The molecule has 2 heterocycles. The van der Waals surface area contributed by atoms with Crippen molar-refractivity contribution in [3.8, 4) is 0 Å². The first-order chi connectivity index (χ1) is 13.6. The Hall–Kier alpha value is -2.16. The number of aliphatic carboxylic acids is 1. The van der Waals surface area contributed by atoms with E-state index in [1.165, 1.54) is 4.90 Å². The lowest BCUT2D eigenvalue weighted by Crippen LogP contribution is -2.57. The van der Waals surface area contributed by atoms with E-state index >= 15 is 0 Å². The van der Waals surface area contributed by atoms with Crippen molar-refractivity contribution in [2.24, 2.45) is 17.6 Å². The van der Waals surface area contributed by atoms with Crippen LogP contribution in [0.25, 0.3) is 0 Å². The monoisotopic (exact) mass is 410 g/mol. The number of nitrogens with two attached hydrogens (primary N) is 1. The molecule has 0 aliphatic carbocycles. The second-order valence-corrected chi connectivity index (χ2v) is 8.72. The summed E-state index contributed by atoms with van der Waals surface area (Å²) in [6.45, 7) is 8.07. The molecule has 2 fully saturated rings. The third kappa shape index (κ3) is 5.07. The van der Waals surface area contributed by atoms with Crippen LogP contribution in [0.1, 0.15) is 53.4 Å². The van der Waals surface area contributed by atoms with Crippen LogP contribution < -0.4 is 11.1 Å². The van der Waals surface area contributed by atoms with Gasteiger partial charge in [0.1, 0.15) is 18.1 Å². The van der Waals surface area contributed by atoms with Crippen LogP contribution in [0.5, 0.6) is 0 Å². The summed E-state index contributed by atoms with van der Waals surface area (Å²) in [5.74, 6) is -2.34. The van der Waals surface area contributed by atoms with E-state index in [-0.39, 0.29) is 23.7 Å². The van der Waals surface area contributed by atoms with E-state index in [4.69, 9.17) is 5.73 Å². The van der Waals surface area contributed by atoms with Gasteiger partial charge in [-0.3, -0.25) is 14.4 Å². The fraction of sp³-hybridized carbons (Fsp3) is 0.800. The van der Waals surface area contributed by atoms with Gasteiger partial charge in [-0.25, -0.2) is 4.79 Å². The standard InChI is InChI=1S/C20H34N4O5/c1-11(2)15(21)19(27)24-10-6-8-14(24)18(26)23-9-5-7-13(23)17(25)22-16(12(3)4)20(28)29/h11-16H,5-10,21H2,1-4H3,(H,22,25)(H,28,29). The number of hydrogen-bond acceptors (Lipinski definition) is 5. The number of likely N-dealkylation sites (tertiary alicyclic amines) is 2. The zero-order valence-electron chi connectivity index (χ0n) is 17.8. The van der Waals surface area contributed by atoms with E-state index in [9.17, 15) is 24.3 Å². The topological polar surface area (TPSA) is 133 Å². The van der Waals surface area contributed by atoms with Gasteiger partial charge in [0.2, 0.25) is 17.7 Å². The molecule has 9 nitrogen and oxygen atoms in total. The number of carbonyl (C=O) groups excluding carboxylic acids is 3. The number of hydrogen-bond donors (Lipinski definition) is 3. The molecular weight excluding hydrogens is 376 g/mol. The first-order valence-corrected chi connectivity index (χ1v) is 10.5. The lowest BCUT2D eigenvalue weighted by molar-refractivity contribution is -0.148. The lowest BCUT2D eigenvalue weighted by atomic mass is 10.0. The van der Waals surface area contributed by atoms with Crippen LogP contribution in [0.2, 0.25) is 0 Å². The summed E-state index contributed by atoms with van der Waals surface area (Å²) in [5.41, 5.74) is 6.01. The van der Waals surface area contributed by atoms with Gasteiger partial charge < -0.3 is 26.0 Å². The fourth-order valence-electron chi connectivity index (χ4n) is 4.02. The van der Waals surface area contributed by atoms with Gasteiger partial charge in [0.15, 0.2) is 0 Å². The molecule has 4 unspecified atom stereocenters. The average Bonchev–Trinajstić information content (AvgIpc) is 3.32. The molecule has 164 valence electrons. The summed E-state index contributed by atoms with van der Waals surface area (Å²) in [4.78, 5) is 53.1. The highest BCUT2D eigenvalue weighted by Gasteiger charge is 2.43. The summed E-state index contributed by atoms with van der Waals surface area (Å²) < 4.78 is 0. The minimum atomic E-state index is -1.10. The summed E-state index contributed by atoms with van der Waals surface area (Å²) in [6, 6.07) is -2.99. The first-order valence-electron chi connectivity index (χ1n) is 10.5. The number of rotatable bonds is 7. The second-order valence-electron chi connectivity index (χ2n) is 8.72. The Bertz CT molecular complexity index is 651. The first kappa shape index (κ1) is 23.1. The molecule has 0 spiro atoms. The number of carboxylic acid groups (broad SMARTS) is 1. The maximum Gasteiger partial charge on any atom is 0.326 e. The van der Waals surface area contributed by atoms with Gasteiger partial charge >= 0.3 is 5.97 Å². The largest absolute Gasteiger partial charge is 0.480 e. The Labute approximate surface area is 172 Å². The number of carbonyl (C=O) groups is 4. The minimum absolute atomic E-state index is 0.0341. The SMILES string of the molecule is CC(C)C(N)C(=O)N1CCCC1C(=O)N1CCCC1C(=O)NC(C(=O)O)C(C)C. The number of nitrogens with one attached hydrogen (secondary N) is 1. The normalized spacial score (nSPS) is 24.1. The van der Waals surface area contributed by atoms with Crippen molar-refractivity contribution in [2.75, 3.05) is 13.1 Å². The van der Waals surface area contributed by atoms with Gasteiger partial charge in [0.25, 0.3) is 0 Å². The van der Waals surface area contributed by atoms with E-state index in [1.54, 1.807) is 18.7 Å². The molecule has 0 saturated carbocycles.